The molecule has 2 N–H and O–H groups in total. The maximum absolute atomic E-state index is 13.3. The quantitative estimate of drug-likeness (QED) is 0.881. The number of aliphatic carboxylic acids is 1. The van der Waals surface area contributed by atoms with Crippen molar-refractivity contribution < 1.29 is 19.1 Å². The zero-order chi connectivity index (χ0) is 15.6. The molecule has 114 valence electrons. The van der Waals surface area contributed by atoms with Crippen LogP contribution in [0.2, 0.25) is 0 Å². The van der Waals surface area contributed by atoms with Crippen molar-refractivity contribution in [2.75, 3.05) is 18.4 Å². The van der Waals surface area contributed by atoms with Gasteiger partial charge in [-0.1, -0.05) is 0 Å². The molecular weight excluding hydrogens is 275 g/mol. The molecule has 21 heavy (non-hydrogen) atoms. The van der Waals surface area contributed by atoms with E-state index in [9.17, 15) is 19.1 Å². The smallest absolute Gasteiger partial charge is 0.321 e. The number of piperidine rings is 1. The van der Waals surface area contributed by atoms with E-state index in [1.807, 2.05) is 0 Å². The molecular formula is C15H19FN2O3. The second-order valence-electron chi connectivity index (χ2n) is 5.84. The number of carboxylic acid groups (broad SMARTS) is 1. The zero-order valence-electron chi connectivity index (χ0n) is 12.1. The molecule has 0 aliphatic carbocycles. The molecule has 0 spiro atoms. The topological polar surface area (TPSA) is 69.6 Å². The van der Waals surface area contributed by atoms with Gasteiger partial charge in [0.1, 0.15) is 5.82 Å². The Morgan fingerprint density at radius 2 is 2.10 bits per heavy atom. The van der Waals surface area contributed by atoms with Gasteiger partial charge in [0.05, 0.1) is 5.41 Å². The molecule has 6 heteroatoms. The Morgan fingerprint density at radius 1 is 1.38 bits per heavy atom. The van der Waals surface area contributed by atoms with Crippen LogP contribution in [0.25, 0.3) is 0 Å². The molecule has 0 bridgehead atoms. The largest absolute Gasteiger partial charge is 0.481 e. The third kappa shape index (κ3) is 3.51. The minimum Gasteiger partial charge on any atom is -0.481 e. The van der Waals surface area contributed by atoms with Crippen molar-refractivity contribution in [2.24, 2.45) is 5.41 Å². The maximum atomic E-state index is 13.3. The van der Waals surface area contributed by atoms with Crippen LogP contribution in [-0.4, -0.2) is 35.1 Å². The fraction of sp³-hybridized carbons (Fsp3) is 0.467. The van der Waals surface area contributed by atoms with Gasteiger partial charge in [-0.15, -0.1) is 0 Å². The van der Waals surface area contributed by atoms with Crippen LogP contribution in [0.1, 0.15) is 25.3 Å². The van der Waals surface area contributed by atoms with Gasteiger partial charge < -0.3 is 15.3 Å². The SMILES string of the molecule is Cc1cc(F)cc(NC(=O)N2CCCC(C)(C(=O)O)C2)c1. The van der Waals surface area contributed by atoms with E-state index in [0.29, 0.717) is 30.6 Å². The summed E-state index contributed by atoms with van der Waals surface area (Å²) < 4.78 is 13.3. The molecule has 1 heterocycles. The lowest BCUT2D eigenvalue weighted by molar-refractivity contribution is -0.150. The number of hydrogen-bond donors (Lipinski definition) is 2. The Labute approximate surface area is 122 Å². The number of anilines is 1. The summed E-state index contributed by atoms with van der Waals surface area (Å²) in [7, 11) is 0. The normalized spacial score (nSPS) is 22.0. The van der Waals surface area contributed by atoms with E-state index in [4.69, 9.17) is 0 Å². The molecule has 1 fully saturated rings. The van der Waals surface area contributed by atoms with Gasteiger partial charge in [-0.25, -0.2) is 9.18 Å². The van der Waals surface area contributed by atoms with Gasteiger partial charge in [0.2, 0.25) is 0 Å². The lowest BCUT2D eigenvalue weighted by Gasteiger charge is -2.37. The van der Waals surface area contributed by atoms with Crippen LogP contribution in [0.3, 0.4) is 0 Å². The molecule has 1 unspecified atom stereocenters. The summed E-state index contributed by atoms with van der Waals surface area (Å²) in [6.07, 6.45) is 1.18. The van der Waals surface area contributed by atoms with E-state index >= 15 is 0 Å². The van der Waals surface area contributed by atoms with Crippen molar-refractivity contribution >= 4 is 17.7 Å². The molecule has 1 saturated heterocycles. The van der Waals surface area contributed by atoms with Gasteiger partial charge in [-0.05, 0) is 50.5 Å². The van der Waals surface area contributed by atoms with Crippen molar-refractivity contribution in [2.45, 2.75) is 26.7 Å². The molecule has 1 aromatic carbocycles. The summed E-state index contributed by atoms with van der Waals surface area (Å²) >= 11 is 0. The van der Waals surface area contributed by atoms with E-state index in [2.05, 4.69) is 5.32 Å². The van der Waals surface area contributed by atoms with Crippen molar-refractivity contribution in [3.63, 3.8) is 0 Å². The number of carboxylic acids is 1. The number of hydrogen-bond acceptors (Lipinski definition) is 2. The Balaban J connectivity index is 2.08. The third-order valence-electron chi connectivity index (χ3n) is 3.79. The highest BCUT2D eigenvalue weighted by molar-refractivity contribution is 5.90. The summed E-state index contributed by atoms with van der Waals surface area (Å²) in [5, 5.41) is 11.9. The predicted octanol–water partition coefficient (Wildman–Crippen LogP) is 2.85. The number of carbonyl (C=O) groups excluding carboxylic acids is 1. The van der Waals surface area contributed by atoms with E-state index in [0.717, 1.165) is 0 Å². The fourth-order valence-corrected chi connectivity index (χ4v) is 2.60. The third-order valence-corrected chi connectivity index (χ3v) is 3.79. The molecule has 1 aliphatic heterocycles. The maximum Gasteiger partial charge on any atom is 0.321 e. The second-order valence-corrected chi connectivity index (χ2v) is 5.84. The molecule has 0 saturated carbocycles. The summed E-state index contributed by atoms with van der Waals surface area (Å²) in [5.74, 6) is -1.32. The van der Waals surface area contributed by atoms with Crippen LogP contribution in [0.15, 0.2) is 18.2 Å². The number of urea groups is 1. The van der Waals surface area contributed by atoms with Crippen LogP contribution >= 0.6 is 0 Å². The number of nitrogens with zero attached hydrogens (tertiary/aromatic N) is 1. The van der Waals surface area contributed by atoms with Crippen molar-refractivity contribution in [1.82, 2.24) is 4.90 Å². The lowest BCUT2D eigenvalue weighted by Crippen LogP contribution is -2.49. The summed E-state index contributed by atoms with van der Waals surface area (Å²) in [4.78, 5) is 25.0. The zero-order valence-corrected chi connectivity index (χ0v) is 12.1. The monoisotopic (exact) mass is 294 g/mol. The number of nitrogens with one attached hydrogen (secondary N) is 1. The van der Waals surface area contributed by atoms with Crippen molar-refractivity contribution in [3.05, 3.63) is 29.6 Å². The number of halogens is 1. The first-order valence-corrected chi connectivity index (χ1v) is 6.87. The highest BCUT2D eigenvalue weighted by Gasteiger charge is 2.39. The first-order chi connectivity index (χ1) is 9.80. The molecule has 1 aliphatic rings. The van der Waals surface area contributed by atoms with Crippen LogP contribution in [0.4, 0.5) is 14.9 Å². The number of benzene rings is 1. The average Bonchev–Trinajstić information content (AvgIpc) is 2.37. The minimum absolute atomic E-state index is 0.155. The van der Waals surface area contributed by atoms with Crippen LogP contribution in [0, 0.1) is 18.2 Å². The number of amides is 2. The molecule has 1 aromatic rings. The Kier molecular flexibility index (Phi) is 4.16. The van der Waals surface area contributed by atoms with E-state index in [1.165, 1.54) is 17.0 Å². The van der Waals surface area contributed by atoms with E-state index < -0.39 is 23.2 Å². The second kappa shape index (κ2) is 5.71. The van der Waals surface area contributed by atoms with Crippen LogP contribution < -0.4 is 5.32 Å². The van der Waals surface area contributed by atoms with Gasteiger partial charge in [0.15, 0.2) is 0 Å². The van der Waals surface area contributed by atoms with E-state index in [-0.39, 0.29) is 6.54 Å². The van der Waals surface area contributed by atoms with Gasteiger partial charge in [-0.2, -0.15) is 0 Å². The summed E-state index contributed by atoms with van der Waals surface area (Å²) in [6, 6.07) is 3.89. The molecule has 5 nitrogen and oxygen atoms in total. The van der Waals surface area contributed by atoms with E-state index in [1.54, 1.807) is 19.9 Å². The summed E-state index contributed by atoms with van der Waals surface area (Å²) in [6.45, 7) is 4.04. The molecule has 0 aromatic heterocycles. The number of likely N-dealkylation sites (tertiary alicyclic amines) is 1. The Morgan fingerprint density at radius 3 is 2.71 bits per heavy atom. The molecule has 2 rings (SSSR count). The van der Waals surface area contributed by atoms with Gasteiger partial charge in [-0.3, -0.25) is 4.79 Å². The number of carbonyl (C=O) groups is 2. The minimum atomic E-state index is -0.923. The molecule has 2 amide bonds. The van der Waals surface area contributed by atoms with Gasteiger partial charge in [0.25, 0.3) is 0 Å². The standard InChI is InChI=1S/C15H19FN2O3/c1-10-6-11(16)8-12(7-10)17-14(21)18-5-3-4-15(2,9-18)13(19)20/h6-8H,3-5,9H2,1-2H3,(H,17,21)(H,19,20). The highest BCUT2D eigenvalue weighted by atomic mass is 19.1. The average molecular weight is 294 g/mol. The fourth-order valence-electron chi connectivity index (χ4n) is 2.60. The van der Waals surface area contributed by atoms with Gasteiger partial charge >= 0.3 is 12.0 Å². The highest BCUT2D eigenvalue weighted by Crippen LogP contribution is 2.30. The Hall–Kier alpha value is -2.11. The number of rotatable bonds is 2. The molecule has 1 atom stereocenters. The number of aryl methyl sites for hydroxylation is 1. The van der Waals surface area contributed by atoms with Crippen molar-refractivity contribution in [3.8, 4) is 0 Å². The van der Waals surface area contributed by atoms with Gasteiger partial charge in [0, 0.05) is 18.8 Å². The van der Waals surface area contributed by atoms with Crippen molar-refractivity contribution in [1.29, 1.82) is 0 Å². The summed E-state index contributed by atoms with van der Waals surface area (Å²) in [5.41, 5.74) is 0.160. The molecule has 0 radical (unpaired) electrons. The predicted molar refractivity (Wildman–Crippen MR) is 76.7 cm³/mol. The first-order valence-electron chi connectivity index (χ1n) is 6.87. The van der Waals surface area contributed by atoms with Crippen LogP contribution in [0.5, 0.6) is 0 Å². The lowest BCUT2D eigenvalue weighted by atomic mass is 9.82. The Bertz CT molecular complexity index is 556. The first kappa shape index (κ1) is 15.3. The van der Waals surface area contributed by atoms with Crippen LogP contribution in [-0.2, 0) is 4.79 Å².